The lowest BCUT2D eigenvalue weighted by atomic mass is 10.1. The predicted octanol–water partition coefficient (Wildman–Crippen LogP) is 3.96. The van der Waals surface area contributed by atoms with Crippen LogP contribution in [0.15, 0.2) is 36.4 Å². The van der Waals surface area contributed by atoms with E-state index >= 15 is 0 Å². The van der Waals surface area contributed by atoms with Gasteiger partial charge in [0.15, 0.2) is 11.5 Å². The molecule has 0 aliphatic carbocycles. The van der Waals surface area contributed by atoms with E-state index in [2.05, 4.69) is 0 Å². The number of benzene rings is 2. The number of amides is 1. The summed E-state index contributed by atoms with van der Waals surface area (Å²) in [6.45, 7) is 2.97. The summed E-state index contributed by atoms with van der Waals surface area (Å²) in [6, 6.07) is 10.9. The molecule has 0 N–H and O–H groups in total. The second kappa shape index (κ2) is 9.34. The lowest BCUT2D eigenvalue weighted by Gasteiger charge is -2.22. The van der Waals surface area contributed by atoms with Gasteiger partial charge < -0.3 is 19.1 Å². The van der Waals surface area contributed by atoms with Crippen LogP contribution in [-0.4, -0.2) is 38.7 Å². The zero-order chi connectivity index (χ0) is 19.1. The van der Waals surface area contributed by atoms with Crippen LogP contribution < -0.4 is 14.2 Å². The van der Waals surface area contributed by atoms with Crippen LogP contribution in [0.1, 0.15) is 18.1 Å². The van der Waals surface area contributed by atoms with Gasteiger partial charge in [0.1, 0.15) is 5.75 Å². The number of nitrogens with zero attached hydrogens (tertiary/aromatic N) is 1. The van der Waals surface area contributed by atoms with Gasteiger partial charge in [-0.3, -0.25) is 4.79 Å². The zero-order valence-corrected chi connectivity index (χ0v) is 16.3. The Balaban J connectivity index is 2.15. The second-order valence-electron chi connectivity index (χ2n) is 5.73. The molecule has 6 heteroatoms. The minimum absolute atomic E-state index is 0.0155. The van der Waals surface area contributed by atoms with Crippen molar-refractivity contribution in [3.63, 3.8) is 0 Å². The Kier molecular flexibility index (Phi) is 7.16. The number of hydrogen-bond acceptors (Lipinski definition) is 4. The Hall–Kier alpha value is -2.40. The molecule has 0 fully saturated rings. The van der Waals surface area contributed by atoms with E-state index in [1.54, 1.807) is 38.4 Å². The van der Waals surface area contributed by atoms with Gasteiger partial charge in [-0.2, -0.15) is 0 Å². The highest BCUT2D eigenvalue weighted by atomic mass is 35.5. The Morgan fingerprint density at radius 3 is 2.23 bits per heavy atom. The Morgan fingerprint density at radius 2 is 1.62 bits per heavy atom. The molecule has 0 radical (unpaired) electrons. The molecule has 2 aromatic carbocycles. The zero-order valence-electron chi connectivity index (χ0n) is 15.5. The summed E-state index contributed by atoms with van der Waals surface area (Å²) in [5, 5.41) is 0.615. The normalized spacial score (nSPS) is 10.3. The highest BCUT2D eigenvalue weighted by molar-refractivity contribution is 6.30. The summed E-state index contributed by atoms with van der Waals surface area (Å²) in [5.41, 5.74) is 1.74. The largest absolute Gasteiger partial charge is 0.496 e. The van der Waals surface area contributed by atoms with Crippen LogP contribution in [0.3, 0.4) is 0 Å². The first-order chi connectivity index (χ1) is 12.5. The molecule has 2 rings (SSSR count). The fraction of sp³-hybridized carbons (Fsp3) is 0.350. The molecular formula is C20H24ClNO4. The molecular weight excluding hydrogens is 354 g/mol. The van der Waals surface area contributed by atoms with Crippen molar-refractivity contribution in [2.24, 2.45) is 0 Å². The Bertz CT molecular complexity index is 763. The summed E-state index contributed by atoms with van der Waals surface area (Å²) in [7, 11) is 4.77. The van der Waals surface area contributed by atoms with Crippen molar-refractivity contribution in [3.05, 3.63) is 52.5 Å². The van der Waals surface area contributed by atoms with E-state index in [4.69, 9.17) is 25.8 Å². The monoisotopic (exact) mass is 377 g/mol. The molecule has 140 valence electrons. The standard InChI is InChI=1S/C20H24ClNO4/c1-5-22(13-15-12-16(21)7-9-17(15)24-2)20(23)11-14-6-8-18(25-3)19(10-14)26-4/h6-10,12H,5,11,13H2,1-4H3. The van der Waals surface area contributed by atoms with Gasteiger partial charge in [-0.05, 0) is 42.8 Å². The molecule has 0 spiro atoms. The second-order valence-corrected chi connectivity index (χ2v) is 6.17. The van der Waals surface area contributed by atoms with Gasteiger partial charge in [0.25, 0.3) is 0 Å². The maximum Gasteiger partial charge on any atom is 0.227 e. The predicted molar refractivity (Wildman–Crippen MR) is 102 cm³/mol. The van der Waals surface area contributed by atoms with Gasteiger partial charge in [0, 0.05) is 23.7 Å². The third-order valence-corrected chi connectivity index (χ3v) is 4.38. The third-order valence-electron chi connectivity index (χ3n) is 4.14. The van der Waals surface area contributed by atoms with Crippen molar-refractivity contribution in [1.29, 1.82) is 0 Å². The Morgan fingerprint density at radius 1 is 0.962 bits per heavy atom. The van der Waals surface area contributed by atoms with Crippen molar-refractivity contribution < 1.29 is 19.0 Å². The molecule has 2 aromatic rings. The average Bonchev–Trinajstić information content (AvgIpc) is 2.65. The number of hydrogen-bond donors (Lipinski definition) is 0. The van der Waals surface area contributed by atoms with Crippen LogP contribution in [0.25, 0.3) is 0 Å². The van der Waals surface area contributed by atoms with Crippen LogP contribution >= 0.6 is 11.6 Å². The number of halogens is 1. The van der Waals surface area contributed by atoms with Crippen molar-refractivity contribution in [2.75, 3.05) is 27.9 Å². The number of methoxy groups -OCH3 is 3. The summed E-state index contributed by atoms with van der Waals surface area (Å²) in [4.78, 5) is 14.5. The van der Waals surface area contributed by atoms with Gasteiger partial charge in [-0.25, -0.2) is 0 Å². The van der Waals surface area contributed by atoms with E-state index in [0.29, 0.717) is 35.4 Å². The first kappa shape index (κ1) is 19.9. The summed E-state index contributed by atoms with van der Waals surface area (Å²) < 4.78 is 15.9. The molecule has 0 heterocycles. The van der Waals surface area contributed by atoms with Crippen LogP contribution in [0, 0.1) is 0 Å². The average molecular weight is 378 g/mol. The number of carbonyl (C=O) groups is 1. The van der Waals surface area contributed by atoms with Crippen LogP contribution in [0.4, 0.5) is 0 Å². The number of ether oxygens (including phenoxy) is 3. The van der Waals surface area contributed by atoms with Crippen LogP contribution in [0.5, 0.6) is 17.2 Å². The first-order valence-corrected chi connectivity index (χ1v) is 8.71. The third kappa shape index (κ3) is 4.82. The van der Waals surface area contributed by atoms with Gasteiger partial charge in [0.2, 0.25) is 5.91 Å². The maximum absolute atomic E-state index is 12.8. The minimum Gasteiger partial charge on any atom is -0.496 e. The topological polar surface area (TPSA) is 48.0 Å². The highest BCUT2D eigenvalue weighted by Gasteiger charge is 2.16. The summed E-state index contributed by atoms with van der Waals surface area (Å²) >= 11 is 6.09. The van der Waals surface area contributed by atoms with E-state index in [9.17, 15) is 4.79 Å². The number of carbonyl (C=O) groups excluding carboxylic acids is 1. The van der Waals surface area contributed by atoms with Crippen LogP contribution in [-0.2, 0) is 17.8 Å². The Labute approximate surface area is 159 Å². The molecule has 5 nitrogen and oxygen atoms in total. The first-order valence-electron chi connectivity index (χ1n) is 8.33. The van der Waals surface area contributed by atoms with E-state index in [1.807, 2.05) is 31.2 Å². The van der Waals surface area contributed by atoms with Crippen molar-refractivity contribution in [2.45, 2.75) is 19.9 Å². The lowest BCUT2D eigenvalue weighted by molar-refractivity contribution is -0.130. The summed E-state index contributed by atoms with van der Waals surface area (Å²) in [6.07, 6.45) is 0.275. The fourth-order valence-electron chi connectivity index (χ4n) is 2.73. The van der Waals surface area contributed by atoms with Crippen molar-refractivity contribution >= 4 is 17.5 Å². The molecule has 0 saturated carbocycles. The van der Waals surface area contributed by atoms with E-state index < -0.39 is 0 Å². The van der Waals surface area contributed by atoms with Gasteiger partial charge in [-0.15, -0.1) is 0 Å². The smallest absolute Gasteiger partial charge is 0.227 e. The van der Waals surface area contributed by atoms with Gasteiger partial charge in [0.05, 0.1) is 27.8 Å². The quantitative estimate of drug-likeness (QED) is 0.698. The lowest BCUT2D eigenvalue weighted by Crippen LogP contribution is -2.31. The molecule has 1 amide bonds. The highest BCUT2D eigenvalue weighted by Crippen LogP contribution is 2.28. The molecule has 0 aliphatic heterocycles. The molecule has 0 aliphatic rings. The van der Waals surface area contributed by atoms with E-state index in [1.165, 1.54) is 0 Å². The number of likely N-dealkylation sites (N-methyl/N-ethyl adjacent to an activating group) is 1. The number of rotatable bonds is 8. The molecule has 0 unspecified atom stereocenters. The van der Waals surface area contributed by atoms with E-state index in [0.717, 1.165) is 11.1 Å². The van der Waals surface area contributed by atoms with Gasteiger partial charge in [-0.1, -0.05) is 17.7 Å². The fourth-order valence-corrected chi connectivity index (χ4v) is 2.92. The van der Waals surface area contributed by atoms with Gasteiger partial charge >= 0.3 is 0 Å². The maximum atomic E-state index is 12.8. The summed E-state index contributed by atoms with van der Waals surface area (Å²) in [5.74, 6) is 1.98. The van der Waals surface area contributed by atoms with Crippen LogP contribution in [0.2, 0.25) is 5.02 Å². The van der Waals surface area contributed by atoms with E-state index in [-0.39, 0.29) is 12.3 Å². The molecule has 0 bridgehead atoms. The van der Waals surface area contributed by atoms with Crippen molar-refractivity contribution in [1.82, 2.24) is 4.90 Å². The van der Waals surface area contributed by atoms with Crippen molar-refractivity contribution in [3.8, 4) is 17.2 Å². The molecule has 0 saturated heterocycles. The molecule has 0 atom stereocenters. The molecule has 0 aromatic heterocycles. The SMILES string of the molecule is CCN(Cc1cc(Cl)ccc1OC)C(=O)Cc1ccc(OC)c(OC)c1. The minimum atomic E-state index is 0.0155. The molecule has 26 heavy (non-hydrogen) atoms.